The van der Waals surface area contributed by atoms with Crippen molar-refractivity contribution in [2.75, 3.05) is 53.4 Å². The first-order valence-corrected chi connectivity index (χ1v) is 8.33. The Hall–Kier alpha value is -1.09. The Labute approximate surface area is 125 Å². The first-order valence-electron chi connectivity index (χ1n) is 6.89. The summed E-state index contributed by atoms with van der Waals surface area (Å²) in [7, 11) is 0.172. The summed E-state index contributed by atoms with van der Waals surface area (Å²) in [6.45, 7) is 3.88. The second-order valence-electron chi connectivity index (χ2n) is 5.34. The number of aromatic nitrogens is 1. The molecule has 0 aliphatic carbocycles. The number of hydrogen-bond donors (Lipinski definition) is 0. The maximum absolute atomic E-state index is 13.6. The van der Waals surface area contributed by atoms with Crippen molar-refractivity contribution >= 4 is 10.0 Å². The zero-order valence-corrected chi connectivity index (χ0v) is 13.2. The topological polar surface area (TPSA) is 56.8 Å². The van der Waals surface area contributed by atoms with E-state index < -0.39 is 20.9 Å². The molecule has 21 heavy (non-hydrogen) atoms. The van der Waals surface area contributed by atoms with Crippen molar-refractivity contribution in [2.45, 2.75) is 5.03 Å². The number of hydrogen-bond acceptors (Lipinski definition) is 5. The fraction of sp³-hybridized carbons (Fsp3) is 0.615. The van der Waals surface area contributed by atoms with Crippen molar-refractivity contribution < 1.29 is 12.8 Å². The molecule has 1 fully saturated rings. The minimum atomic E-state index is -3.84. The van der Waals surface area contributed by atoms with Crippen molar-refractivity contribution in [1.82, 2.24) is 19.1 Å². The van der Waals surface area contributed by atoms with Crippen molar-refractivity contribution in [3.63, 3.8) is 0 Å². The van der Waals surface area contributed by atoms with E-state index in [-0.39, 0.29) is 0 Å². The molecule has 2 heterocycles. The van der Waals surface area contributed by atoms with Crippen molar-refractivity contribution in [2.24, 2.45) is 0 Å². The number of piperazine rings is 1. The Morgan fingerprint density at radius 2 is 1.95 bits per heavy atom. The summed E-state index contributed by atoms with van der Waals surface area (Å²) < 4.78 is 39.7. The van der Waals surface area contributed by atoms with Gasteiger partial charge in [-0.1, -0.05) is 0 Å². The quantitative estimate of drug-likeness (QED) is 0.770. The largest absolute Gasteiger partial charge is 0.308 e. The Kier molecular flexibility index (Phi) is 5.26. The third-order valence-corrected chi connectivity index (χ3v) is 5.34. The lowest BCUT2D eigenvalue weighted by Crippen LogP contribution is -2.50. The minimum Gasteiger partial charge on any atom is -0.308 e. The summed E-state index contributed by atoms with van der Waals surface area (Å²) in [6, 6.07) is 2.50. The Balaban J connectivity index is 2.00. The molecular weight excluding hydrogens is 295 g/mol. The summed E-state index contributed by atoms with van der Waals surface area (Å²) in [5, 5.41) is -0.480. The van der Waals surface area contributed by atoms with Crippen LogP contribution >= 0.6 is 0 Å². The van der Waals surface area contributed by atoms with Gasteiger partial charge in [-0.2, -0.15) is 4.31 Å². The lowest BCUT2D eigenvalue weighted by molar-refractivity contribution is 0.174. The van der Waals surface area contributed by atoms with Crippen molar-refractivity contribution in [3.05, 3.63) is 24.1 Å². The molecule has 118 valence electrons. The van der Waals surface area contributed by atoms with E-state index in [0.717, 1.165) is 19.2 Å². The van der Waals surface area contributed by atoms with E-state index in [1.54, 1.807) is 0 Å². The molecule has 1 saturated heterocycles. The molecule has 0 aromatic carbocycles. The van der Waals surface area contributed by atoms with Crippen LogP contribution in [0.1, 0.15) is 0 Å². The fourth-order valence-electron chi connectivity index (χ4n) is 2.22. The zero-order valence-electron chi connectivity index (χ0n) is 12.4. The van der Waals surface area contributed by atoms with Crippen LogP contribution < -0.4 is 0 Å². The van der Waals surface area contributed by atoms with Crippen LogP contribution in [-0.2, 0) is 10.0 Å². The van der Waals surface area contributed by atoms with E-state index in [1.165, 1.54) is 16.6 Å². The maximum Gasteiger partial charge on any atom is 0.263 e. The number of sulfonamides is 1. The lowest BCUT2D eigenvalue weighted by atomic mass is 10.3. The third kappa shape index (κ3) is 3.97. The average Bonchev–Trinajstić information content (AvgIpc) is 2.46. The van der Waals surface area contributed by atoms with Gasteiger partial charge in [-0.25, -0.2) is 17.8 Å². The molecule has 0 radical (unpaired) electrons. The van der Waals surface area contributed by atoms with Gasteiger partial charge in [-0.3, -0.25) is 4.90 Å². The minimum absolute atomic E-state index is 0.367. The van der Waals surface area contributed by atoms with Gasteiger partial charge in [-0.05, 0) is 26.2 Å². The van der Waals surface area contributed by atoms with Crippen molar-refractivity contribution in [3.8, 4) is 0 Å². The first kappa shape index (κ1) is 16.3. The van der Waals surface area contributed by atoms with E-state index in [2.05, 4.69) is 14.8 Å². The number of nitrogens with zero attached hydrogens (tertiary/aromatic N) is 4. The van der Waals surface area contributed by atoms with Crippen LogP contribution in [0.15, 0.2) is 23.4 Å². The third-order valence-electron chi connectivity index (χ3n) is 3.50. The van der Waals surface area contributed by atoms with Crippen LogP contribution in [-0.4, -0.2) is 80.9 Å². The van der Waals surface area contributed by atoms with Crippen LogP contribution in [0.5, 0.6) is 0 Å². The molecule has 1 aliphatic rings. The van der Waals surface area contributed by atoms with Gasteiger partial charge in [0.1, 0.15) is 0 Å². The summed E-state index contributed by atoms with van der Waals surface area (Å²) in [6.07, 6.45) is 1.29. The average molecular weight is 316 g/mol. The van der Waals surface area contributed by atoms with E-state index in [1.807, 2.05) is 14.1 Å². The van der Waals surface area contributed by atoms with Crippen LogP contribution in [0.25, 0.3) is 0 Å². The van der Waals surface area contributed by atoms with Gasteiger partial charge in [0, 0.05) is 45.5 Å². The van der Waals surface area contributed by atoms with Crippen LogP contribution in [0.4, 0.5) is 4.39 Å². The second-order valence-corrected chi connectivity index (χ2v) is 7.19. The molecule has 2 rings (SSSR count). The highest BCUT2D eigenvalue weighted by molar-refractivity contribution is 7.89. The molecule has 1 aromatic rings. The molecule has 1 aromatic heterocycles. The molecule has 8 heteroatoms. The SMILES string of the molecule is CN(C)CCN1CCN(S(=O)(=O)c2ncccc2F)CC1. The van der Waals surface area contributed by atoms with Gasteiger partial charge in [-0.15, -0.1) is 0 Å². The highest BCUT2D eigenvalue weighted by Crippen LogP contribution is 2.18. The summed E-state index contributed by atoms with van der Waals surface area (Å²) in [4.78, 5) is 7.98. The van der Waals surface area contributed by atoms with Crippen LogP contribution in [0, 0.1) is 5.82 Å². The Morgan fingerprint density at radius 1 is 1.29 bits per heavy atom. The standard InChI is InChI=1S/C13H21FN4O2S/c1-16(2)6-7-17-8-10-18(11-9-17)21(19,20)13-12(14)4-3-5-15-13/h3-5H,6-11H2,1-2H3. The van der Waals surface area contributed by atoms with Gasteiger partial charge in [0.05, 0.1) is 0 Å². The fourth-order valence-corrected chi connectivity index (χ4v) is 3.62. The molecule has 0 spiro atoms. The Bertz CT molecular complexity index is 571. The predicted octanol–water partition coefficient (Wildman–Crippen LogP) is 0.0886. The summed E-state index contributed by atoms with van der Waals surface area (Å²) >= 11 is 0. The highest BCUT2D eigenvalue weighted by Gasteiger charge is 2.31. The molecule has 6 nitrogen and oxygen atoms in total. The smallest absolute Gasteiger partial charge is 0.263 e. The zero-order chi connectivity index (χ0) is 15.5. The molecule has 0 atom stereocenters. The number of likely N-dealkylation sites (N-methyl/N-ethyl adjacent to an activating group) is 1. The van der Waals surface area contributed by atoms with Crippen LogP contribution in [0.3, 0.4) is 0 Å². The second kappa shape index (κ2) is 6.78. The molecule has 0 unspecified atom stereocenters. The van der Waals surface area contributed by atoms with Gasteiger partial charge in [0.25, 0.3) is 10.0 Å². The molecule has 1 aliphatic heterocycles. The number of halogens is 1. The normalized spacial score (nSPS) is 18.3. The van der Waals surface area contributed by atoms with Crippen LogP contribution in [0.2, 0.25) is 0 Å². The number of pyridine rings is 1. The molecule has 0 amide bonds. The van der Waals surface area contributed by atoms with Crippen molar-refractivity contribution in [1.29, 1.82) is 0 Å². The van der Waals surface area contributed by atoms with Gasteiger partial charge < -0.3 is 4.90 Å². The first-order chi connectivity index (χ1) is 9.91. The molecule has 0 bridgehead atoms. The summed E-state index contributed by atoms with van der Waals surface area (Å²) in [5.74, 6) is -0.799. The van der Waals surface area contributed by atoms with Gasteiger partial charge >= 0.3 is 0 Å². The van der Waals surface area contributed by atoms with Gasteiger partial charge in [0.15, 0.2) is 5.82 Å². The highest BCUT2D eigenvalue weighted by atomic mass is 32.2. The van der Waals surface area contributed by atoms with E-state index in [4.69, 9.17) is 0 Å². The molecule has 0 N–H and O–H groups in total. The predicted molar refractivity (Wildman–Crippen MR) is 77.9 cm³/mol. The van der Waals surface area contributed by atoms with E-state index >= 15 is 0 Å². The molecular formula is C13H21FN4O2S. The number of rotatable bonds is 5. The lowest BCUT2D eigenvalue weighted by Gasteiger charge is -2.34. The van der Waals surface area contributed by atoms with E-state index in [9.17, 15) is 12.8 Å². The van der Waals surface area contributed by atoms with Gasteiger partial charge in [0.2, 0.25) is 5.03 Å². The maximum atomic E-state index is 13.6. The van der Waals surface area contributed by atoms with E-state index in [0.29, 0.717) is 26.2 Å². The summed E-state index contributed by atoms with van der Waals surface area (Å²) in [5.41, 5.74) is 0. The monoisotopic (exact) mass is 316 g/mol. The Morgan fingerprint density at radius 3 is 2.52 bits per heavy atom. The molecule has 0 saturated carbocycles.